The largest absolute Gasteiger partial charge is 0.369 e. The van der Waals surface area contributed by atoms with E-state index in [-0.39, 0.29) is 10.8 Å². The first kappa shape index (κ1) is 14.3. The van der Waals surface area contributed by atoms with E-state index in [1.54, 1.807) is 0 Å². The van der Waals surface area contributed by atoms with Gasteiger partial charge in [-0.2, -0.15) is 0 Å². The zero-order chi connectivity index (χ0) is 13.1. The number of halogens is 1. The highest BCUT2D eigenvalue weighted by atomic mass is 35.5. The van der Waals surface area contributed by atoms with Gasteiger partial charge in [-0.25, -0.2) is 4.98 Å². The molecule has 0 atom stereocenters. The fourth-order valence-electron chi connectivity index (χ4n) is 1.32. The summed E-state index contributed by atoms with van der Waals surface area (Å²) in [7, 11) is 0. The van der Waals surface area contributed by atoms with Gasteiger partial charge in [-0.05, 0) is 22.5 Å². The Hall–Kier alpha value is -0.760. The van der Waals surface area contributed by atoms with Crippen LogP contribution in [0.4, 0.5) is 5.82 Å². The molecule has 0 aliphatic heterocycles. The van der Waals surface area contributed by atoms with Crippen LogP contribution in [0.25, 0.3) is 0 Å². The van der Waals surface area contributed by atoms with Crippen molar-refractivity contribution in [1.29, 1.82) is 0 Å². The molecule has 3 heteroatoms. The van der Waals surface area contributed by atoms with Gasteiger partial charge >= 0.3 is 0 Å². The number of hydrogen-bond donors (Lipinski definition) is 1. The van der Waals surface area contributed by atoms with Crippen LogP contribution < -0.4 is 5.32 Å². The summed E-state index contributed by atoms with van der Waals surface area (Å²) in [6.07, 6.45) is 1.94. The van der Waals surface area contributed by atoms with E-state index < -0.39 is 0 Å². The molecule has 0 amide bonds. The second kappa shape index (κ2) is 5.26. The van der Waals surface area contributed by atoms with Crippen LogP contribution in [-0.4, -0.2) is 17.4 Å². The lowest BCUT2D eigenvalue weighted by Gasteiger charge is -2.23. The number of aromatic nitrogens is 1. The topological polar surface area (TPSA) is 24.9 Å². The highest BCUT2D eigenvalue weighted by molar-refractivity contribution is 6.18. The number of rotatable bonds is 4. The monoisotopic (exact) mass is 254 g/mol. The van der Waals surface area contributed by atoms with E-state index in [1.807, 2.05) is 12.3 Å². The Morgan fingerprint density at radius 3 is 2.24 bits per heavy atom. The van der Waals surface area contributed by atoms with Crippen molar-refractivity contribution in [3.8, 4) is 0 Å². The molecule has 1 aromatic rings. The molecule has 0 saturated carbocycles. The van der Waals surface area contributed by atoms with Crippen molar-refractivity contribution < 1.29 is 0 Å². The molecule has 0 aliphatic carbocycles. The van der Waals surface area contributed by atoms with Crippen molar-refractivity contribution in [1.82, 2.24) is 4.98 Å². The van der Waals surface area contributed by atoms with Crippen LogP contribution in [0.1, 0.15) is 40.2 Å². The zero-order valence-corrected chi connectivity index (χ0v) is 12.2. The maximum absolute atomic E-state index is 5.88. The number of anilines is 1. The first-order chi connectivity index (χ1) is 7.74. The van der Waals surface area contributed by atoms with Crippen LogP contribution in [0.5, 0.6) is 0 Å². The Morgan fingerprint density at radius 2 is 1.82 bits per heavy atom. The minimum Gasteiger partial charge on any atom is -0.369 e. The summed E-state index contributed by atoms with van der Waals surface area (Å²) in [5.74, 6) is 1.55. The molecular formula is C14H23ClN2. The maximum atomic E-state index is 5.88. The molecule has 0 aromatic carbocycles. The molecule has 0 radical (unpaired) electrons. The van der Waals surface area contributed by atoms with Gasteiger partial charge in [0.1, 0.15) is 5.82 Å². The molecule has 2 nitrogen and oxygen atoms in total. The van der Waals surface area contributed by atoms with Crippen LogP contribution in [0.2, 0.25) is 0 Å². The SMILES string of the molecule is CC(C)(CCl)CNc1ccc(C(C)(C)C)cn1. The Morgan fingerprint density at radius 1 is 1.18 bits per heavy atom. The van der Waals surface area contributed by atoms with Gasteiger partial charge in [-0.3, -0.25) is 0 Å². The van der Waals surface area contributed by atoms with Gasteiger partial charge in [0.05, 0.1) is 0 Å². The van der Waals surface area contributed by atoms with E-state index >= 15 is 0 Å². The molecule has 0 fully saturated rings. The lowest BCUT2D eigenvalue weighted by atomic mass is 9.88. The van der Waals surface area contributed by atoms with Crippen molar-refractivity contribution >= 4 is 17.4 Å². The third-order valence-electron chi connectivity index (χ3n) is 2.74. The molecule has 17 heavy (non-hydrogen) atoms. The predicted octanol–water partition coefficient (Wildman–Crippen LogP) is 4.06. The lowest BCUT2D eigenvalue weighted by molar-refractivity contribution is 0.449. The Kier molecular flexibility index (Phi) is 4.42. The minimum atomic E-state index is 0.0892. The van der Waals surface area contributed by atoms with Crippen LogP contribution in [0.15, 0.2) is 18.3 Å². The van der Waals surface area contributed by atoms with E-state index in [9.17, 15) is 0 Å². The van der Waals surface area contributed by atoms with Gasteiger partial charge in [-0.1, -0.05) is 40.7 Å². The number of hydrogen-bond acceptors (Lipinski definition) is 2. The van der Waals surface area contributed by atoms with E-state index in [1.165, 1.54) is 5.56 Å². The standard InChI is InChI=1S/C14H23ClN2/c1-13(2,3)11-6-7-12(16-8-11)17-10-14(4,5)9-15/h6-8H,9-10H2,1-5H3,(H,16,17). The van der Waals surface area contributed by atoms with Crippen LogP contribution in [-0.2, 0) is 5.41 Å². The fraction of sp³-hybridized carbons (Fsp3) is 0.643. The molecule has 0 saturated heterocycles. The summed E-state index contributed by atoms with van der Waals surface area (Å²) in [6, 6.07) is 4.16. The first-order valence-electron chi connectivity index (χ1n) is 6.01. The van der Waals surface area contributed by atoms with E-state index in [0.29, 0.717) is 5.88 Å². The van der Waals surface area contributed by atoms with Gasteiger partial charge in [0.25, 0.3) is 0 Å². The molecule has 1 rings (SSSR count). The summed E-state index contributed by atoms with van der Waals surface area (Å²) in [5, 5.41) is 3.32. The van der Waals surface area contributed by atoms with Crippen LogP contribution in [0.3, 0.4) is 0 Å². The van der Waals surface area contributed by atoms with Gasteiger partial charge in [0.2, 0.25) is 0 Å². The smallest absolute Gasteiger partial charge is 0.125 e. The fourth-order valence-corrected chi connectivity index (χ4v) is 1.41. The van der Waals surface area contributed by atoms with Gasteiger partial charge in [0.15, 0.2) is 0 Å². The number of nitrogens with zero attached hydrogens (tertiary/aromatic N) is 1. The van der Waals surface area contributed by atoms with Crippen molar-refractivity contribution in [3.63, 3.8) is 0 Å². The van der Waals surface area contributed by atoms with Gasteiger partial charge in [-0.15, -0.1) is 11.6 Å². The minimum absolute atomic E-state index is 0.0892. The van der Waals surface area contributed by atoms with Crippen LogP contribution >= 0.6 is 11.6 Å². The second-order valence-electron chi connectivity index (χ2n) is 6.33. The normalized spacial score (nSPS) is 12.6. The molecule has 0 unspecified atom stereocenters. The Bertz CT molecular complexity index is 349. The maximum Gasteiger partial charge on any atom is 0.125 e. The van der Waals surface area contributed by atoms with Crippen LogP contribution in [0, 0.1) is 5.41 Å². The summed E-state index contributed by atoms with van der Waals surface area (Å²) >= 11 is 5.88. The van der Waals surface area contributed by atoms with Gasteiger partial charge in [0, 0.05) is 18.6 Å². The third kappa shape index (κ3) is 4.55. The second-order valence-corrected chi connectivity index (χ2v) is 6.60. The molecule has 96 valence electrons. The third-order valence-corrected chi connectivity index (χ3v) is 3.46. The average molecular weight is 255 g/mol. The summed E-state index contributed by atoms with van der Waals surface area (Å²) in [4.78, 5) is 4.43. The van der Waals surface area contributed by atoms with Crippen molar-refractivity contribution in [2.75, 3.05) is 17.7 Å². The molecule has 1 heterocycles. The highest BCUT2D eigenvalue weighted by Gasteiger charge is 2.17. The van der Waals surface area contributed by atoms with Crippen molar-refractivity contribution in [2.24, 2.45) is 5.41 Å². The molecule has 0 aliphatic rings. The first-order valence-corrected chi connectivity index (χ1v) is 6.54. The number of nitrogens with one attached hydrogen (secondary N) is 1. The molecule has 0 spiro atoms. The molecule has 1 N–H and O–H groups in total. The van der Waals surface area contributed by atoms with E-state index in [2.05, 4.69) is 51.0 Å². The quantitative estimate of drug-likeness (QED) is 0.820. The average Bonchev–Trinajstić information content (AvgIpc) is 2.26. The van der Waals surface area contributed by atoms with E-state index in [4.69, 9.17) is 11.6 Å². The van der Waals surface area contributed by atoms with Crippen molar-refractivity contribution in [3.05, 3.63) is 23.9 Å². The summed E-state index contributed by atoms with van der Waals surface area (Å²) in [6.45, 7) is 11.7. The predicted molar refractivity (Wildman–Crippen MR) is 75.9 cm³/mol. The summed E-state index contributed by atoms with van der Waals surface area (Å²) < 4.78 is 0. The highest BCUT2D eigenvalue weighted by Crippen LogP contribution is 2.22. The number of alkyl halides is 1. The van der Waals surface area contributed by atoms with Gasteiger partial charge < -0.3 is 5.32 Å². The van der Waals surface area contributed by atoms with E-state index in [0.717, 1.165) is 12.4 Å². The number of pyridine rings is 1. The summed E-state index contributed by atoms with van der Waals surface area (Å²) in [5.41, 5.74) is 1.49. The molecule has 1 aromatic heterocycles. The Labute approximate surface area is 110 Å². The molecular weight excluding hydrogens is 232 g/mol. The van der Waals surface area contributed by atoms with Crippen molar-refractivity contribution in [2.45, 2.75) is 40.0 Å². The lowest BCUT2D eigenvalue weighted by Crippen LogP contribution is -2.25. The Balaban J connectivity index is 2.64. The zero-order valence-electron chi connectivity index (χ0n) is 11.5. The molecule has 0 bridgehead atoms.